The number of rotatable bonds is 3. The molecular weight excluding hydrogens is 460 g/mol. The fraction of sp³-hybridized carbons (Fsp3) is 0.417. The van der Waals surface area contributed by atoms with Crippen molar-refractivity contribution >= 4 is 33.4 Å². The van der Waals surface area contributed by atoms with Gasteiger partial charge in [-0.1, -0.05) is 41.9 Å². The molecule has 2 aromatic carbocycles. The number of halogens is 1. The zero-order valence-corrected chi connectivity index (χ0v) is 20.1. The molecule has 33 heavy (non-hydrogen) atoms. The van der Waals surface area contributed by atoms with Gasteiger partial charge >= 0.3 is 0 Å². The van der Waals surface area contributed by atoms with Crippen molar-refractivity contribution in [2.45, 2.75) is 36.7 Å². The molecule has 0 saturated carbocycles. The summed E-state index contributed by atoms with van der Waals surface area (Å²) in [5.41, 5.74) is 1.69. The monoisotopic (exact) mass is 486 g/mol. The zero-order valence-electron chi connectivity index (χ0n) is 18.5. The molecule has 2 atom stereocenters. The van der Waals surface area contributed by atoms with E-state index in [0.29, 0.717) is 37.5 Å². The molecule has 0 spiro atoms. The van der Waals surface area contributed by atoms with Gasteiger partial charge in [0, 0.05) is 49.4 Å². The molecule has 174 valence electrons. The molecule has 0 radical (unpaired) electrons. The summed E-state index contributed by atoms with van der Waals surface area (Å²) in [5.74, 6) is 0.467. The molecule has 2 aromatic rings. The van der Waals surface area contributed by atoms with E-state index in [1.165, 1.54) is 0 Å². The SMILES string of the molecule is CC(c1ccccc1Cl)N1CCN(C(=O)[C@@H]2CCCN2C2=NS(=O)(=O)c3ccccc32)CC1. The van der Waals surface area contributed by atoms with Crippen LogP contribution in [0.3, 0.4) is 0 Å². The summed E-state index contributed by atoms with van der Waals surface area (Å²) in [4.78, 5) is 19.9. The van der Waals surface area contributed by atoms with Gasteiger partial charge in [0.2, 0.25) is 5.91 Å². The van der Waals surface area contributed by atoms with Gasteiger partial charge in [0.25, 0.3) is 10.0 Å². The lowest BCUT2D eigenvalue weighted by Crippen LogP contribution is -2.54. The average Bonchev–Trinajstić information content (AvgIpc) is 3.41. The molecule has 0 N–H and O–H groups in total. The third-order valence-electron chi connectivity index (χ3n) is 6.95. The van der Waals surface area contributed by atoms with E-state index in [0.717, 1.165) is 30.1 Å². The van der Waals surface area contributed by atoms with Gasteiger partial charge in [0.1, 0.15) is 10.9 Å². The van der Waals surface area contributed by atoms with Crippen molar-refractivity contribution in [3.05, 3.63) is 64.7 Å². The molecule has 5 rings (SSSR count). The number of hydrogen-bond acceptors (Lipinski definition) is 5. The van der Waals surface area contributed by atoms with Crippen LogP contribution in [0.1, 0.15) is 36.9 Å². The van der Waals surface area contributed by atoms with Gasteiger partial charge in [-0.3, -0.25) is 9.69 Å². The minimum Gasteiger partial charge on any atom is -0.343 e. The molecule has 1 amide bonds. The first-order valence-electron chi connectivity index (χ1n) is 11.3. The van der Waals surface area contributed by atoms with E-state index >= 15 is 0 Å². The number of likely N-dealkylation sites (tertiary alicyclic amines) is 1. The van der Waals surface area contributed by atoms with Crippen LogP contribution in [0.2, 0.25) is 5.02 Å². The van der Waals surface area contributed by atoms with Crippen LogP contribution in [0.5, 0.6) is 0 Å². The number of fused-ring (bicyclic) bond motifs is 1. The Kier molecular flexibility index (Phi) is 5.93. The lowest BCUT2D eigenvalue weighted by molar-refractivity contribution is -0.136. The molecule has 0 bridgehead atoms. The summed E-state index contributed by atoms with van der Waals surface area (Å²) in [5, 5.41) is 0.762. The van der Waals surface area contributed by atoms with Crippen LogP contribution in [-0.4, -0.2) is 73.6 Å². The molecule has 9 heteroatoms. The maximum absolute atomic E-state index is 13.5. The van der Waals surface area contributed by atoms with Crippen molar-refractivity contribution in [2.24, 2.45) is 4.40 Å². The molecule has 3 aliphatic rings. The Hall–Kier alpha value is -2.42. The van der Waals surface area contributed by atoms with E-state index in [1.54, 1.807) is 18.2 Å². The Morgan fingerprint density at radius 3 is 2.48 bits per heavy atom. The van der Waals surface area contributed by atoms with Crippen LogP contribution >= 0.6 is 11.6 Å². The Bertz CT molecular complexity index is 1210. The Labute approximate surface area is 199 Å². The van der Waals surface area contributed by atoms with E-state index in [4.69, 9.17) is 11.6 Å². The smallest absolute Gasteiger partial charge is 0.285 e. The van der Waals surface area contributed by atoms with Crippen LogP contribution in [0.4, 0.5) is 0 Å². The standard InChI is InChI=1S/C24H27ClN4O3S/c1-17(18-7-2-4-9-20(18)25)27-13-15-28(16-14-27)24(30)21-10-6-12-29(21)23-19-8-3-5-11-22(19)33(31,32)26-23/h2-5,7-9,11,17,21H,6,10,12-16H2,1H3/t17?,21-/m0/s1. The molecule has 0 aromatic heterocycles. The highest BCUT2D eigenvalue weighted by Crippen LogP contribution is 2.32. The van der Waals surface area contributed by atoms with Gasteiger partial charge in [-0.05, 0) is 43.5 Å². The summed E-state index contributed by atoms with van der Waals surface area (Å²) >= 11 is 6.39. The number of carbonyl (C=O) groups is 1. The number of nitrogens with zero attached hydrogens (tertiary/aromatic N) is 4. The summed E-state index contributed by atoms with van der Waals surface area (Å²) in [6, 6.07) is 14.5. The number of amidine groups is 1. The van der Waals surface area contributed by atoms with E-state index in [1.807, 2.05) is 34.1 Å². The normalized spacial score (nSPS) is 23.3. The van der Waals surface area contributed by atoms with Crippen molar-refractivity contribution in [3.63, 3.8) is 0 Å². The fourth-order valence-corrected chi connectivity index (χ4v) is 6.63. The van der Waals surface area contributed by atoms with Crippen LogP contribution in [0.25, 0.3) is 0 Å². The minimum atomic E-state index is -3.71. The number of benzene rings is 2. The van der Waals surface area contributed by atoms with Gasteiger partial charge in [-0.25, -0.2) is 0 Å². The molecular formula is C24H27ClN4O3S. The second-order valence-electron chi connectivity index (χ2n) is 8.80. The Morgan fingerprint density at radius 2 is 1.73 bits per heavy atom. The van der Waals surface area contributed by atoms with Gasteiger partial charge in [0.05, 0.1) is 0 Å². The number of amides is 1. The van der Waals surface area contributed by atoms with E-state index in [2.05, 4.69) is 22.3 Å². The van der Waals surface area contributed by atoms with Crippen LogP contribution in [0, 0.1) is 0 Å². The maximum atomic E-state index is 13.5. The second kappa shape index (κ2) is 8.74. The molecule has 1 unspecified atom stereocenters. The van der Waals surface area contributed by atoms with Crippen LogP contribution in [-0.2, 0) is 14.8 Å². The van der Waals surface area contributed by atoms with E-state index in [9.17, 15) is 13.2 Å². The van der Waals surface area contributed by atoms with Gasteiger partial charge in [-0.15, -0.1) is 4.40 Å². The summed E-state index contributed by atoms with van der Waals surface area (Å²) in [6.07, 6.45) is 1.54. The predicted molar refractivity (Wildman–Crippen MR) is 128 cm³/mol. The lowest BCUT2D eigenvalue weighted by Gasteiger charge is -2.40. The van der Waals surface area contributed by atoms with Crippen molar-refractivity contribution < 1.29 is 13.2 Å². The number of sulfonamides is 1. The highest BCUT2D eigenvalue weighted by molar-refractivity contribution is 7.90. The molecule has 3 heterocycles. The summed E-state index contributed by atoms with van der Waals surface area (Å²) < 4.78 is 29.1. The average molecular weight is 487 g/mol. The van der Waals surface area contributed by atoms with Gasteiger partial charge < -0.3 is 9.80 Å². The lowest BCUT2D eigenvalue weighted by atomic mass is 10.1. The third kappa shape index (κ3) is 4.05. The summed E-state index contributed by atoms with van der Waals surface area (Å²) in [6.45, 7) is 5.58. The molecule has 7 nitrogen and oxygen atoms in total. The third-order valence-corrected chi connectivity index (χ3v) is 8.62. The van der Waals surface area contributed by atoms with E-state index in [-0.39, 0.29) is 22.9 Å². The molecule has 3 aliphatic heterocycles. The quantitative estimate of drug-likeness (QED) is 0.666. The first-order chi connectivity index (χ1) is 15.9. The van der Waals surface area contributed by atoms with Crippen molar-refractivity contribution in [3.8, 4) is 0 Å². The van der Waals surface area contributed by atoms with E-state index < -0.39 is 10.0 Å². The number of hydrogen-bond donors (Lipinski definition) is 0. The zero-order chi connectivity index (χ0) is 23.2. The topological polar surface area (TPSA) is 73.3 Å². The number of carbonyl (C=O) groups excluding carboxylic acids is 1. The largest absolute Gasteiger partial charge is 0.343 e. The first-order valence-corrected chi connectivity index (χ1v) is 13.2. The van der Waals surface area contributed by atoms with Crippen molar-refractivity contribution in [2.75, 3.05) is 32.7 Å². The highest BCUT2D eigenvalue weighted by atomic mass is 35.5. The van der Waals surface area contributed by atoms with Crippen LogP contribution < -0.4 is 0 Å². The van der Waals surface area contributed by atoms with Crippen molar-refractivity contribution in [1.82, 2.24) is 14.7 Å². The van der Waals surface area contributed by atoms with Crippen molar-refractivity contribution in [1.29, 1.82) is 0 Å². The molecule has 2 fully saturated rings. The fourth-order valence-electron chi connectivity index (χ4n) is 5.12. The predicted octanol–water partition coefficient (Wildman–Crippen LogP) is 3.16. The maximum Gasteiger partial charge on any atom is 0.285 e. The molecule has 2 saturated heterocycles. The van der Waals surface area contributed by atoms with Crippen LogP contribution in [0.15, 0.2) is 57.8 Å². The summed E-state index contributed by atoms with van der Waals surface area (Å²) in [7, 11) is -3.71. The highest BCUT2D eigenvalue weighted by Gasteiger charge is 2.41. The number of piperazine rings is 1. The molecule has 0 aliphatic carbocycles. The van der Waals surface area contributed by atoms with Gasteiger partial charge in [0.15, 0.2) is 5.84 Å². The Balaban J connectivity index is 1.28. The minimum absolute atomic E-state index is 0.0574. The van der Waals surface area contributed by atoms with Gasteiger partial charge in [-0.2, -0.15) is 8.42 Å². The first kappa shape index (κ1) is 22.4. The second-order valence-corrected chi connectivity index (χ2v) is 10.8. The Morgan fingerprint density at radius 1 is 1.03 bits per heavy atom.